The second-order valence-corrected chi connectivity index (χ2v) is 4.42. The van der Waals surface area contributed by atoms with E-state index in [2.05, 4.69) is 15.4 Å². The van der Waals surface area contributed by atoms with Crippen molar-refractivity contribution >= 4 is 23.1 Å². The first kappa shape index (κ1) is 13.3. The first-order valence-corrected chi connectivity index (χ1v) is 5.88. The van der Waals surface area contributed by atoms with Crippen LogP contribution < -0.4 is 5.32 Å². The second-order valence-electron chi connectivity index (χ2n) is 4.01. The zero-order valence-corrected chi connectivity index (χ0v) is 11.2. The zero-order chi connectivity index (χ0) is 14.0. The molecule has 0 saturated carbocycles. The minimum Gasteiger partial charge on any atom is -0.365 e. The Hall–Kier alpha value is -2.15. The molecule has 0 bridgehead atoms. The lowest BCUT2D eigenvalue weighted by molar-refractivity contribution is -0.385. The van der Waals surface area contributed by atoms with Crippen molar-refractivity contribution in [2.45, 2.75) is 13.5 Å². The number of rotatable bonds is 4. The van der Waals surface area contributed by atoms with E-state index in [1.54, 1.807) is 10.9 Å². The fourth-order valence-corrected chi connectivity index (χ4v) is 1.78. The lowest BCUT2D eigenvalue weighted by Crippen LogP contribution is -2.04. The SMILES string of the molecule is Cc1c(CNc2ncc([N+](=O)[O-])cc2Cl)cnn1C. The highest BCUT2D eigenvalue weighted by Gasteiger charge is 2.11. The van der Waals surface area contributed by atoms with Crippen LogP contribution in [0.5, 0.6) is 0 Å². The molecule has 0 aliphatic carbocycles. The highest BCUT2D eigenvalue weighted by atomic mass is 35.5. The minimum absolute atomic E-state index is 0.131. The molecule has 2 rings (SSSR count). The maximum atomic E-state index is 10.6. The number of nitrogens with zero attached hydrogens (tertiary/aromatic N) is 4. The molecule has 100 valence electrons. The topological polar surface area (TPSA) is 85.9 Å². The van der Waals surface area contributed by atoms with E-state index >= 15 is 0 Å². The van der Waals surface area contributed by atoms with E-state index in [-0.39, 0.29) is 10.7 Å². The van der Waals surface area contributed by atoms with Crippen LogP contribution in [0.15, 0.2) is 18.5 Å². The van der Waals surface area contributed by atoms with Gasteiger partial charge in [0, 0.05) is 30.9 Å². The molecule has 2 aromatic heterocycles. The van der Waals surface area contributed by atoms with Crippen molar-refractivity contribution in [3.05, 3.63) is 44.9 Å². The molecule has 0 fully saturated rings. The monoisotopic (exact) mass is 281 g/mol. The lowest BCUT2D eigenvalue weighted by Gasteiger charge is -2.06. The standard InChI is InChI=1S/C11H12ClN5O2/c1-7-8(5-15-16(7)2)4-13-11-10(12)3-9(6-14-11)17(18)19/h3,5-6H,4H2,1-2H3,(H,13,14). The van der Waals surface area contributed by atoms with Crippen LogP contribution in [-0.2, 0) is 13.6 Å². The molecule has 8 heteroatoms. The van der Waals surface area contributed by atoms with E-state index in [0.29, 0.717) is 12.4 Å². The van der Waals surface area contributed by atoms with E-state index in [1.807, 2.05) is 14.0 Å². The van der Waals surface area contributed by atoms with Crippen LogP contribution >= 0.6 is 11.6 Å². The van der Waals surface area contributed by atoms with Crippen LogP contribution in [0.2, 0.25) is 5.02 Å². The van der Waals surface area contributed by atoms with Crippen molar-refractivity contribution in [1.29, 1.82) is 0 Å². The zero-order valence-electron chi connectivity index (χ0n) is 10.4. The molecule has 0 aliphatic rings. The quantitative estimate of drug-likeness (QED) is 0.686. The maximum absolute atomic E-state index is 10.6. The first-order valence-electron chi connectivity index (χ1n) is 5.50. The van der Waals surface area contributed by atoms with E-state index < -0.39 is 4.92 Å². The van der Waals surface area contributed by atoms with Gasteiger partial charge in [-0.3, -0.25) is 14.8 Å². The lowest BCUT2D eigenvalue weighted by atomic mass is 10.2. The molecule has 2 heterocycles. The Morgan fingerprint density at radius 2 is 2.26 bits per heavy atom. The van der Waals surface area contributed by atoms with E-state index in [1.165, 1.54) is 12.3 Å². The average molecular weight is 282 g/mol. The number of aryl methyl sites for hydroxylation is 1. The number of aromatic nitrogens is 3. The van der Waals surface area contributed by atoms with Gasteiger partial charge in [-0.15, -0.1) is 0 Å². The van der Waals surface area contributed by atoms with Crippen molar-refractivity contribution < 1.29 is 4.92 Å². The third kappa shape index (κ3) is 2.82. The maximum Gasteiger partial charge on any atom is 0.289 e. The molecule has 0 amide bonds. The molecule has 0 radical (unpaired) electrons. The summed E-state index contributed by atoms with van der Waals surface area (Å²) in [5, 5.41) is 17.9. The number of nitro groups is 1. The van der Waals surface area contributed by atoms with Gasteiger partial charge in [0.2, 0.25) is 0 Å². The van der Waals surface area contributed by atoms with E-state index in [0.717, 1.165) is 11.3 Å². The molecule has 0 spiro atoms. The molecule has 19 heavy (non-hydrogen) atoms. The number of anilines is 1. The predicted molar refractivity (Wildman–Crippen MR) is 71.2 cm³/mol. The van der Waals surface area contributed by atoms with Gasteiger partial charge in [-0.1, -0.05) is 11.6 Å². The highest BCUT2D eigenvalue weighted by molar-refractivity contribution is 6.33. The third-order valence-electron chi connectivity index (χ3n) is 2.82. The fraction of sp³-hybridized carbons (Fsp3) is 0.273. The summed E-state index contributed by atoms with van der Waals surface area (Å²) >= 11 is 5.93. The Morgan fingerprint density at radius 1 is 1.53 bits per heavy atom. The second kappa shape index (κ2) is 5.23. The van der Waals surface area contributed by atoms with Gasteiger partial charge >= 0.3 is 0 Å². The van der Waals surface area contributed by atoms with Crippen molar-refractivity contribution in [3.63, 3.8) is 0 Å². The van der Waals surface area contributed by atoms with Gasteiger partial charge in [-0.25, -0.2) is 4.98 Å². The van der Waals surface area contributed by atoms with Crippen LogP contribution in [0.3, 0.4) is 0 Å². The first-order chi connectivity index (χ1) is 8.99. The Bertz CT molecular complexity index is 626. The molecule has 0 aliphatic heterocycles. The Kier molecular flexibility index (Phi) is 3.66. The Labute approximate surface area is 114 Å². The number of pyridine rings is 1. The van der Waals surface area contributed by atoms with Gasteiger partial charge in [0.1, 0.15) is 12.0 Å². The average Bonchev–Trinajstić information content (AvgIpc) is 2.68. The fourth-order valence-electron chi connectivity index (χ4n) is 1.55. The summed E-state index contributed by atoms with van der Waals surface area (Å²) in [5.41, 5.74) is 1.91. The molecule has 0 atom stereocenters. The van der Waals surface area contributed by atoms with E-state index in [9.17, 15) is 10.1 Å². The van der Waals surface area contributed by atoms with Crippen molar-refractivity contribution in [3.8, 4) is 0 Å². The molecule has 1 N–H and O–H groups in total. The summed E-state index contributed by atoms with van der Waals surface area (Å²) in [5.74, 6) is 0.413. The number of halogens is 1. The summed E-state index contributed by atoms with van der Waals surface area (Å²) in [6, 6.07) is 1.27. The molecule has 2 aromatic rings. The molecule has 0 saturated heterocycles. The van der Waals surface area contributed by atoms with Crippen molar-refractivity contribution in [2.24, 2.45) is 7.05 Å². The minimum atomic E-state index is -0.534. The summed E-state index contributed by atoms with van der Waals surface area (Å²) < 4.78 is 1.77. The van der Waals surface area contributed by atoms with Gasteiger partial charge in [-0.05, 0) is 6.92 Å². The predicted octanol–water partition coefficient (Wildman–Crippen LogP) is 2.30. The molecule has 0 unspecified atom stereocenters. The van der Waals surface area contributed by atoms with Crippen molar-refractivity contribution in [2.75, 3.05) is 5.32 Å². The van der Waals surface area contributed by atoms with E-state index in [4.69, 9.17) is 11.6 Å². The van der Waals surface area contributed by atoms with Gasteiger partial charge in [0.15, 0.2) is 0 Å². The van der Waals surface area contributed by atoms with Crippen LogP contribution in [0, 0.1) is 17.0 Å². The summed E-state index contributed by atoms with van der Waals surface area (Å²) in [7, 11) is 1.86. The third-order valence-corrected chi connectivity index (χ3v) is 3.11. The summed E-state index contributed by atoms with van der Waals surface area (Å²) in [4.78, 5) is 14.0. The smallest absolute Gasteiger partial charge is 0.289 e. The Balaban J connectivity index is 2.12. The Morgan fingerprint density at radius 3 is 2.79 bits per heavy atom. The van der Waals surface area contributed by atoms with Crippen LogP contribution in [0.1, 0.15) is 11.3 Å². The van der Waals surface area contributed by atoms with Gasteiger partial charge in [0.05, 0.1) is 16.1 Å². The highest BCUT2D eigenvalue weighted by Crippen LogP contribution is 2.24. The van der Waals surface area contributed by atoms with Gasteiger partial charge < -0.3 is 5.32 Å². The number of hydrogen-bond donors (Lipinski definition) is 1. The molecular formula is C11H12ClN5O2. The van der Waals surface area contributed by atoms with Gasteiger partial charge in [-0.2, -0.15) is 5.10 Å². The molecule has 0 aromatic carbocycles. The van der Waals surface area contributed by atoms with Gasteiger partial charge in [0.25, 0.3) is 5.69 Å². The summed E-state index contributed by atoms with van der Waals surface area (Å²) in [6.07, 6.45) is 2.92. The van der Waals surface area contributed by atoms with Crippen molar-refractivity contribution in [1.82, 2.24) is 14.8 Å². The molecule has 7 nitrogen and oxygen atoms in total. The van der Waals surface area contributed by atoms with Crippen LogP contribution in [-0.4, -0.2) is 19.7 Å². The summed E-state index contributed by atoms with van der Waals surface area (Å²) in [6.45, 7) is 2.46. The number of nitrogens with one attached hydrogen (secondary N) is 1. The molecular weight excluding hydrogens is 270 g/mol. The number of hydrogen-bond acceptors (Lipinski definition) is 5. The largest absolute Gasteiger partial charge is 0.365 e. The van der Waals surface area contributed by atoms with Crippen LogP contribution in [0.25, 0.3) is 0 Å². The normalized spacial score (nSPS) is 10.5. The van der Waals surface area contributed by atoms with Crippen LogP contribution in [0.4, 0.5) is 11.5 Å².